The number of aromatic amines is 1. The number of ketones is 1. The molecule has 0 radical (unpaired) electrons. The summed E-state index contributed by atoms with van der Waals surface area (Å²) in [5, 5.41) is 12.0. The molecule has 0 aliphatic carbocycles. The first-order valence-corrected chi connectivity index (χ1v) is 7.88. The van der Waals surface area contributed by atoms with Crippen molar-refractivity contribution in [1.82, 2.24) is 4.98 Å². The van der Waals surface area contributed by atoms with Crippen LogP contribution in [0.15, 0.2) is 22.7 Å². The maximum absolute atomic E-state index is 12.2. The monoisotopic (exact) mass is 388 g/mol. The number of hydrogen-bond donors (Lipinski definition) is 3. The van der Waals surface area contributed by atoms with Crippen LogP contribution in [0.3, 0.4) is 0 Å². The van der Waals surface area contributed by atoms with Crippen molar-refractivity contribution in [2.24, 2.45) is 0 Å². The van der Waals surface area contributed by atoms with E-state index in [2.05, 4.69) is 26.2 Å². The first-order valence-electron chi connectivity index (χ1n) is 7.09. The Kier molecular flexibility index (Phi) is 3.88. The summed E-state index contributed by atoms with van der Waals surface area (Å²) in [5.41, 5.74) is 2.61. The normalized spacial score (nSPS) is 14.6. The zero-order valence-electron chi connectivity index (χ0n) is 12.9. The summed E-state index contributed by atoms with van der Waals surface area (Å²) in [4.78, 5) is 38.2. The molecule has 7 heteroatoms. The number of H-pyrrole nitrogens is 1. The van der Waals surface area contributed by atoms with Crippen LogP contribution in [0.5, 0.6) is 0 Å². The van der Waals surface area contributed by atoms with Crippen LogP contribution in [0.4, 0.5) is 5.69 Å². The number of rotatable bonds is 3. The van der Waals surface area contributed by atoms with E-state index in [4.69, 9.17) is 0 Å². The van der Waals surface area contributed by atoms with Crippen LogP contribution in [0.1, 0.15) is 44.6 Å². The quantitative estimate of drug-likeness (QED) is 0.553. The van der Waals surface area contributed by atoms with E-state index in [1.807, 2.05) is 6.07 Å². The molecule has 0 unspecified atom stereocenters. The van der Waals surface area contributed by atoms with Gasteiger partial charge in [-0.25, -0.2) is 4.79 Å². The smallest absolute Gasteiger partial charge is 0.352 e. The number of Topliss-reactive ketones (excluding diaryl/α,β-unsaturated/α-hetero) is 1. The molecule has 1 aromatic carbocycles. The molecule has 1 aromatic heterocycles. The molecule has 24 heavy (non-hydrogen) atoms. The lowest BCUT2D eigenvalue weighted by Gasteiger charge is -2.00. The zero-order chi connectivity index (χ0) is 17.6. The van der Waals surface area contributed by atoms with Crippen molar-refractivity contribution in [3.8, 4) is 0 Å². The third-order valence-electron chi connectivity index (χ3n) is 3.90. The topological polar surface area (TPSA) is 99.3 Å². The van der Waals surface area contributed by atoms with E-state index in [1.54, 1.807) is 19.1 Å². The average Bonchev–Trinajstić information content (AvgIpc) is 2.98. The van der Waals surface area contributed by atoms with E-state index in [1.165, 1.54) is 13.0 Å². The largest absolute Gasteiger partial charge is 0.477 e. The van der Waals surface area contributed by atoms with E-state index in [0.29, 0.717) is 28.1 Å². The van der Waals surface area contributed by atoms with Gasteiger partial charge in [-0.05, 0) is 43.7 Å². The lowest BCUT2D eigenvalue weighted by molar-refractivity contribution is -0.110. The maximum Gasteiger partial charge on any atom is 0.352 e. The third-order valence-corrected chi connectivity index (χ3v) is 4.39. The number of carboxylic acids is 1. The van der Waals surface area contributed by atoms with Gasteiger partial charge in [0.15, 0.2) is 5.78 Å². The standard InChI is InChI=1S/C17H13BrN2O4/c1-7-14(8(2)21)13(19-15(7)17(23)24)6-11-10-5-9(18)3-4-12(10)20-16(11)22/h3-6,19H,1-2H3,(H,20,22)(H,23,24)/b11-6-. The van der Waals surface area contributed by atoms with Crippen LogP contribution in [0.2, 0.25) is 0 Å². The molecular formula is C17H13BrN2O4. The minimum Gasteiger partial charge on any atom is -0.477 e. The van der Waals surface area contributed by atoms with Gasteiger partial charge < -0.3 is 15.4 Å². The molecule has 1 amide bonds. The van der Waals surface area contributed by atoms with Gasteiger partial charge in [0.05, 0.1) is 11.3 Å². The summed E-state index contributed by atoms with van der Waals surface area (Å²) in [6, 6.07) is 5.37. The number of anilines is 1. The van der Waals surface area contributed by atoms with Crippen molar-refractivity contribution < 1.29 is 19.5 Å². The van der Waals surface area contributed by atoms with Gasteiger partial charge in [0.2, 0.25) is 0 Å². The van der Waals surface area contributed by atoms with Crippen LogP contribution in [0, 0.1) is 6.92 Å². The molecule has 0 fully saturated rings. The fourth-order valence-electron chi connectivity index (χ4n) is 2.84. The molecule has 1 aliphatic heterocycles. The maximum atomic E-state index is 12.2. The Morgan fingerprint density at radius 3 is 2.62 bits per heavy atom. The van der Waals surface area contributed by atoms with Gasteiger partial charge in [-0.2, -0.15) is 0 Å². The predicted octanol–water partition coefficient (Wildman–Crippen LogP) is 3.48. The third kappa shape index (κ3) is 2.56. The molecule has 1 aliphatic rings. The molecule has 122 valence electrons. The van der Waals surface area contributed by atoms with Crippen molar-refractivity contribution >= 4 is 50.9 Å². The molecule has 6 nitrogen and oxygen atoms in total. The summed E-state index contributed by atoms with van der Waals surface area (Å²) in [5.74, 6) is -1.73. The summed E-state index contributed by atoms with van der Waals surface area (Å²) in [7, 11) is 0. The second-order valence-electron chi connectivity index (χ2n) is 5.48. The number of carbonyl (C=O) groups is 3. The minimum absolute atomic E-state index is 0.0556. The van der Waals surface area contributed by atoms with Gasteiger partial charge in [0.25, 0.3) is 5.91 Å². The second kappa shape index (κ2) is 5.76. The van der Waals surface area contributed by atoms with Crippen molar-refractivity contribution in [2.45, 2.75) is 13.8 Å². The predicted molar refractivity (Wildman–Crippen MR) is 93.1 cm³/mol. The number of amides is 1. The summed E-state index contributed by atoms with van der Waals surface area (Å²) < 4.78 is 0.810. The number of aromatic carboxylic acids is 1. The van der Waals surface area contributed by atoms with Gasteiger partial charge in [0.1, 0.15) is 5.69 Å². The highest BCUT2D eigenvalue weighted by Crippen LogP contribution is 2.35. The van der Waals surface area contributed by atoms with E-state index < -0.39 is 5.97 Å². The summed E-state index contributed by atoms with van der Waals surface area (Å²) in [6.45, 7) is 2.93. The van der Waals surface area contributed by atoms with E-state index in [9.17, 15) is 19.5 Å². The number of hydrogen-bond acceptors (Lipinski definition) is 3. The van der Waals surface area contributed by atoms with Crippen molar-refractivity contribution in [3.63, 3.8) is 0 Å². The Balaban J connectivity index is 2.21. The SMILES string of the molecule is CC(=O)c1c(/C=C2\C(=O)Nc3ccc(Br)cc32)[nH]c(C(=O)O)c1C. The highest BCUT2D eigenvalue weighted by molar-refractivity contribution is 9.10. The van der Waals surface area contributed by atoms with Gasteiger partial charge in [-0.15, -0.1) is 0 Å². The number of nitrogens with one attached hydrogen (secondary N) is 2. The van der Waals surface area contributed by atoms with Crippen molar-refractivity contribution in [3.05, 3.63) is 50.8 Å². The number of carbonyl (C=O) groups excluding carboxylic acids is 2. The first kappa shape index (κ1) is 16.2. The molecule has 2 heterocycles. The molecule has 2 aromatic rings. The van der Waals surface area contributed by atoms with Gasteiger partial charge >= 0.3 is 5.97 Å². The van der Waals surface area contributed by atoms with E-state index in [-0.39, 0.29) is 22.9 Å². The molecule has 0 bridgehead atoms. The van der Waals surface area contributed by atoms with E-state index >= 15 is 0 Å². The van der Waals surface area contributed by atoms with Crippen LogP contribution < -0.4 is 5.32 Å². The lowest BCUT2D eigenvalue weighted by atomic mass is 10.0. The molecular weight excluding hydrogens is 376 g/mol. The highest BCUT2D eigenvalue weighted by Gasteiger charge is 2.27. The second-order valence-corrected chi connectivity index (χ2v) is 6.39. The Morgan fingerprint density at radius 2 is 2.00 bits per heavy atom. The molecule has 0 atom stereocenters. The van der Waals surface area contributed by atoms with Crippen molar-refractivity contribution in [2.75, 3.05) is 5.32 Å². The van der Waals surface area contributed by atoms with Gasteiger partial charge in [-0.1, -0.05) is 15.9 Å². The van der Waals surface area contributed by atoms with Gasteiger partial charge in [-0.3, -0.25) is 9.59 Å². The molecule has 0 spiro atoms. The molecule has 0 saturated carbocycles. The Morgan fingerprint density at radius 1 is 1.29 bits per heavy atom. The number of aromatic nitrogens is 1. The van der Waals surface area contributed by atoms with Crippen LogP contribution in [-0.2, 0) is 4.79 Å². The number of benzene rings is 1. The number of halogens is 1. The zero-order valence-corrected chi connectivity index (χ0v) is 14.4. The lowest BCUT2D eigenvalue weighted by Crippen LogP contribution is -2.04. The Labute approximate surface area is 145 Å². The number of carboxylic acid groups (broad SMARTS) is 1. The van der Waals surface area contributed by atoms with Gasteiger partial charge in [0, 0.05) is 21.3 Å². The van der Waals surface area contributed by atoms with Crippen LogP contribution in [-0.4, -0.2) is 27.8 Å². The van der Waals surface area contributed by atoms with E-state index in [0.717, 1.165) is 4.47 Å². The minimum atomic E-state index is -1.15. The van der Waals surface area contributed by atoms with Crippen LogP contribution in [0.25, 0.3) is 11.6 Å². The van der Waals surface area contributed by atoms with Crippen LogP contribution >= 0.6 is 15.9 Å². The average molecular weight is 389 g/mol. The fraction of sp³-hybridized carbons (Fsp3) is 0.118. The first-order chi connectivity index (χ1) is 11.3. The fourth-order valence-corrected chi connectivity index (χ4v) is 3.20. The van der Waals surface area contributed by atoms with Crippen molar-refractivity contribution in [1.29, 1.82) is 0 Å². The number of fused-ring (bicyclic) bond motifs is 1. The molecule has 0 saturated heterocycles. The summed E-state index contributed by atoms with van der Waals surface area (Å²) in [6.07, 6.45) is 1.52. The Hall–Kier alpha value is -2.67. The Bertz CT molecular complexity index is 940. The highest BCUT2D eigenvalue weighted by atomic mass is 79.9. The summed E-state index contributed by atoms with van der Waals surface area (Å²) >= 11 is 3.36. The molecule has 3 N–H and O–H groups in total. The molecule has 3 rings (SSSR count).